The molecule has 0 aromatic rings. The lowest BCUT2D eigenvalue weighted by Crippen LogP contribution is -2.60. The SMILES string of the molecule is C[C@@H](O)[C@H]1C(=O)N2C(C(=O)O)=C(CN3CCCC(C(N)=O)C3)S[C@H]12. The second-order valence-electron chi connectivity index (χ2n) is 6.54. The molecule has 0 aromatic heterocycles. The molecule has 3 heterocycles. The van der Waals surface area contributed by atoms with Crippen LogP contribution >= 0.6 is 11.8 Å². The molecule has 0 aliphatic carbocycles. The molecule has 9 heteroatoms. The van der Waals surface area contributed by atoms with Gasteiger partial charge in [0.1, 0.15) is 11.1 Å². The summed E-state index contributed by atoms with van der Waals surface area (Å²) in [6.45, 7) is 3.19. The fourth-order valence-corrected chi connectivity index (χ4v) is 5.25. The van der Waals surface area contributed by atoms with E-state index in [4.69, 9.17) is 5.73 Å². The number of nitrogens with two attached hydrogens (primary N) is 1. The number of hydrogen-bond donors (Lipinski definition) is 3. The first-order valence-electron chi connectivity index (χ1n) is 7.97. The number of rotatable bonds is 5. The molecule has 4 N–H and O–H groups in total. The van der Waals surface area contributed by atoms with Crippen molar-refractivity contribution in [3.63, 3.8) is 0 Å². The first-order valence-corrected chi connectivity index (χ1v) is 8.85. The van der Waals surface area contributed by atoms with E-state index < -0.39 is 18.0 Å². The van der Waals surface area contributed by atoms with Crippen molar-refractivity contribution in [2.24, 2.45) is 17.6 Å². The molecular weight excluding hydrogens is 334 g/mol. The Kier molecular flexibility index (Phi) is 4.58. The Bertz CT molecular complexity index is 620. The van der Waals surface area contributed by atoms with Gasteiger partial charge >= 0.3 is 5.97 Å². The Morgan fingerprint density at radius 2 is 2.17 bits per heavy atom. The summed E-state index contributed by atoms with van der Waals surface area (Å²) in [6.07, 6.45) is 0.771. The number of aliphatic hydroxyl groups excluding tert-OH is 1. The van der Waals surface area contributed by atoms with Crippen LogP contribution in [0.2, 0.25) is 0 Å². The number of likely N-dealkylation sites (tertiary alicyclic amines) is 1. The maximum absolute atomic E-state index is 12.2. The standard InChI is InChI=1S/C15H21N3O5S/c1-7(19)10-13(21)18-11(15(22)23)9(24-14(10)18)6-17-4-2-3-8(5-17)12(16)20/h7-8,10,14,19H,2-6H2,1H3,(H2,16,20)(H,22,23)/t7-,8?,10+,14-/m1/s1. The predicted molar refractivity (Wildman–Crippen MR) is 86.4 cm³/mol. The average Bonchev–Trinajstić information content (AvgIpc) is 2.81. The fourth-order valence-electron chi connectivity index (χ4n) is 3.60. The smallest absolute Gasteiger partial charge is 0.353 e. The molecule has 2 saturated heterocycles. The van der Waals surface area contributed by atoms with E-state index in [1.165, 1.54) is 16.7 Å². The topological polar surface area (TPSA) is 124 Å². The Hall–Kier alpha value is -1.58. The van der Waals surface area contributed by atoms with Gasteiger partial charge < -0.3 is 15.9 Å². The lowest BCUT2D eigenvalue weighted by Gasteiger charge is -2.43. The average molecular weight is 355 g/mol. The van der Waals surface area contributed by atoms with Crippen LogP contribution in [0.3, 0.4) is 0 Å². The summed E-state index contributed by atoms with van der Waals surface area (Å²) < 4.78 is 0. The van der Waals surface area contributed by atoms with Gasteiger partial charge in [-0.25, -0.2) is 4.79 Å². The second-order valence-corrected chi connectivity index (χ2v) is 7.75. The van der Waals surface area contributed by atoms with Gasteiger partial charge in [0.05, 0.1) is 17.9 Å². The molecule has 0 bridgehead atoms. The summed E-state index contributed by atoms with van der Waals surface area (Å²) in [7, 11) is 0. The zero-order chi connectivity index (χ0) is 17.6. The number of β-lactam (4-membered cyclic amide) rings is 1. The largest absolute Gasteiger partial charge is 0.477 e. The summed E-state index contributed by atoms with van der Waals surface area (Å²) >= 11 is 1.33. The quantitative estimate of drug-likeness (QED) is 0.562. The Morgan fingerprint density at radius 1 is 1.46 bits per heavy atom. The van der Waals surface area contributed by atoms with Gasteiger partial charge in [-0.3, -0.25) is 19.4 Å². The number of thioether (sulfide) groups is 1. The van der Waals surface area contributed by atoms with Gasteiger partial charge in [0.2, 0.25) is 11.8 Å². The number of fused-ring (bicyclic) bond motifs is 1. The summed E-state index contributed by atoms with van der Waals surface area (Å²) in [6, 6.07) is 0. The zero-order valence-electron chi connectivity index (χ0n) is 13.3. The van der Waals surface area contributed by atoms with Crippen LogP contribution in [0, 0.1) is 11.8 Å². The van der Waals surface area contributed by atoms with Gasteiger partial charge in [-0.1, -0.05) is 0 Å². The second kappa shape index (κ2) is 6.38. The van der Waals surface area contributed by atoms with Crippen LogP contribution in [0.1, 0.15) is 19.8 Å². The van der Waals surface area contributed by atoms with Crippen molar-refractivity contribution < 1.29 is 24.6 Å². The third-order valence-corrected chi connectivity index (χ3v) is 6.20. The number of hydrogen-bond acceptors (Lipinski definition) is 6. The molecule has 0 spiro atoms. The van der Waals surface area contributed by atoms with Gasteiger partial charge in [-0.2, -0.15) is 0 Å². The number of nitrogens with zero attached hydrogens (tertiary/aromatic N) is 2. The van der Waals surface area contributed by atoms with Crippen LogP contribution in [-0.2, 0) is 14.4 Å². The van der Waals surface area contributed by atoms with E-state index in [0.29, 0.717) is 18.0 Å². The van der Waals surface area contributed by atoms with Crippen molar-refractivity contribution in [1.82, 2.24) is 9.80 Å². The van der Waals surface area contributed by atoms with E-state index >= 15 is 0 Å². The number of amides is 2. The van der Waals surface area contributed by atoms with Crippen LogP contribution in [0.15, 0.2) is 10.6 Å². The molecule has 3 aliphatic rings. The number of aliphatic carboxylic acids is 1. The molecule has 2 fully saturated rings. The normalized spacial score (nSPS) is 31.7. The fraction of sp³-hybridized carbons (Fsp3) is 0.667. The highest BCUT2D eigenvalue weighted by molar-refractivity contribution is 8.04. The van der Waals surface area contributed by atoms with E-state index in [1.807, 2.05) is 4.90 Å². The molecule has 2 amide bonds. The summed E-state index contributed by atoms with van der Waals surface area (Å²) in [5, 5.41) is 18.9. The lowest BCUT2D eigenvalue weighted by atomic mass is 9.92. The Labute approximate surface area is 143 Å². The number of carboxylic acid groups (broad SMARTS) is 1. The van der Waals surface area contributed by atoms with Gasteiger partial charge in [-0.05, 0) is 26.3 Å². The van der Waals surface area contributed by atoms with Crippen molar-refractivity contribution in [1.29, 1.82) is 0 Å². The number of carbonyl (C=O) groups excluding carboxylic acids is 2. The van der Waals surface area contributed by atoms with Crippen LogP contribution in [0.25, 0.3) is 0 Å². The monoisotopic (exact) mass is 355 g/mol. The number of aliphatic hydroxyl groups is 1. The van der Waals surface area contributed by atoms with Crippen LogP contribution in [0.5, 0.6) is 0 Å². The van der Waals surface area contributed by atoms with Gasteiger partial charge in [0.25, 0.3) is 0 Å². The van der Waals surface area contributed by atoms with Crippen molar-refractivity contribution in [2.75, 3.05) is 19.6 Å². The minimum atomic E-state index is -1.14. The van der Waals surface area contributed by atoms with E-state index in [2.05, 4.69) is 0 Å². The van der Waals surface area contributed by atoms with E-state index in [0.717, 1.165) is 19.4 Å². The first-order chi connectivity index (χ1) is 11.3. The van der Waals surface area contributed by atoms with Crippen molar-refractivity contribution in [2.45, 2.75) is 31.2 Å². The Morgan fingerprint density at radius 3 is 2.75 bits per heavy atom. The molecular formula is C15H21N3O5S. The van der Waals surface area contributed by atoms with Crippen molar-refractivity contribution in [3.05, 3.63) is 10.6 Å². The summed E-state index contributed by atoms with van der Waals surface area (Å²) in [4.78, 5) is 39.1. The number of carbonyl (C=O) groups is 3. The summed E-state index contributed by atoms with van der Waals surface area (Å²) in [5.41, 5.74) is 5.39. The number of carboxylic acids is 1. The minimum Gasteiger partial charge on any atom is -0.477 e. The van der Waals surface area contributed by atoms with Crippen molar-refractivity contribution >= 4 is 29.5 Å². The molecule has 24 heavy (non-hydrogen) atoms. The molecule has 132 valence electrons. The Balaban J connectivity index is 1.76. The third-order valence-electron chi connectivity index (χ3n) is 4.85. The van der Waals surface area contributed by atoms with Crippen molar-refractivity contribution in [3.8, 4) is 0 Å². The van der Waals surface area contributed by atoms with E-state index in [9.17, 15) is 24.6 Å². The first kappa shape index (κ1) is 17.2. The molecule has 1 unspecified atom stereocenters. The predicted octanol–water partition coefficient (Wildman–Crippen LogP) is -0.608. The van der Waals surface area contributed by atoms with Gasteiger partial charge in [0, 0.05) is 18.0 Å². The van der Waals surface area contributed by atoms with Crippen LogP contribution < -0.4 is 5.73 Å². The summed E-state index contributed by atoms with van der Waals surface area (Å²) in [5.74, 6) is -2.60. The number of primary amides is 1. The van der Waals surface area contributed by atoms with Gasteiger partial charge in [-0.15, -0.1) is 11.8 Å². The highest BCUT2D eigenvalue weighted by Crippen LogP contribution is 2.50. The minimum absolute atomic E-state index is 0.00750. The maximum atomic E-state index is 12.2. The maximum Gasteiger partial charge on any atom is 0.353 e. The highest BCUT2D eigenvalue weighted by atomic mass is 32.2. The van der Waals surface area contributed by atoms with E-state index in [1.54, 1.807) is 6.92 Å². The number of piperidine rings is 1. The van der Waals surface area contributed by atoms with Gasteiger partial charge in [0.15, 0.2) is 0 Å². The molecule has 0 saturated carbocycles. The van der Waals surface area contributed by atoms with E-state index in [-0.39, 0.29) is 28.8 Å². The lowest BCUT2D eigenvalue weighted by molar-refractivity contribution is -0.156. The molecule has 0 radical (unpaired) electrons. The molecule has 3 rings (SSSR count). The molecule has 8 nitrogen and oxygen atoms in total. The molecule has 4 atom stereocenters. The highest BCUT2D eigenvalue weighted by Gasteiger charge is 2.57. The molecule has 3 aliphatic heterocycles. The third kappa shape index (κ3) is 2.80. The zero-order valence-corrected chi connectivity index (χ0v) is 14.2. The van der Waals surface area contributed by atoms with Crippen LogP contribution in [0.4, 0.5) is 0 Å². The molecule has 0 aromatic carbocycles. The van der Waals surface area contributed by atoms with Crippen LogP contribution in [-0.4, -0.2) is 68.9 Å².